The van der Waals surface area contributed by atoms with Crippen molar-refractivity contribution in [3.05, 3.63) is 99.5 Å². The van der Waals surface area contributed by atoms with Crippen molar-refractivity contribution in [2.75, 3.05) is 0 Å². The average Bonchev–Trinajstić information content (AvgIpc) is 2.54. The normalized spacial score (nSPS) is 10.6. The molecule has 0 spiro atoms. The molecular weight excluding hydrogens is 374 g/mol. The Morgan fingerprint density at radius 3 is 2.17 bits per heavy atom. The van der Waals surface area contributed by atoms with E-state index in [0.29, 0.717) is 12.2 Å². The first-order valence-corrected chi connectivity index (χ1v) is 8.29. The van der Waals surface area contributed by atoms with Crippen LogP contribution in [0.4, 0.5) is 8.78 Å². The Balaban J connectivity index is 1.80. The first-order valence-electron chi connectivity index (χ1n) is 7.50. The van der Waals surface area contributed by atoms with E-state index in [1.54, 1.807) is 12.1 Å². The van der Waals surface area contributed by atoms with Gasteiger partial charge in [-0.2, -0.15) is 0 Å². The lowest BCUT2D eigenvalue weighted by molar-refractivity contribution is 0.302. The van der Waals surface area contributed by atoms with Crippen LogP contribution in [0.1, 0.15) is 16.7 Å². The largest absolute Gasteiger partial charge is 0.489 e. The highest BCUT2D eigenvalue weighted by Crippen LogP contribution is 2.27. The first kappa shape index (κ1) is 16.7. The van der Waals surface area contributed by atoms with Gasteiger partial charge in [0.05, 0.1) is 0 Å². The van der Waals surface area contributed by atoms with Crippen LogP contribution in [-0.4, -0.2) is 0 Å². The lowest BCUT2D eigenvalue weighted by Crippen LogP contribution is -2.00. The number of rotatable bonds is 5. The standard InChI is InChI=1S/C20H15BrF2O/c21-17-7-8-20(24-13-15-4-2-6-19(23)11-15)16(12-17)9-14-3-1-5-18(22)10-14/h1-8,10-12H,9,13H2. The molecule has 3 rings (SSSR count). The second-order valence-electron chi connectivity index (χ2n) is 5.48. The molecule has 3 aromatic carbocycles. The second-order valence-corrected chi connectivity index (χ2v) is 6.39. The summed E-state index contributed by atoms with van der Waals surface area (Å²) in [4.78, 5) is 0. The summed E-state index contributed by atoms with van der Waals surface area (Å²) in [6.45, 7) is 0.273. The van der Waals surface area contributed by atoms with Gasteiger partial charge < -0.3 is 4.74 Å². The summed E-state index contributed by atoms with van der Waals surface area (Å²) in [5, 5.41) is 0. The Morgan fingerprint density at radius 1 is 0.792 bits per heavy atom. The number of benzene rings is 3. The molecule has 0 aromatic heterocycles. The van der Waals surface area contributed by atoms with Gasteiger partial charge in [-0.1, -0.05) is 40.2 Å². The lowest BCUT2D eigenvalue weighted by Gasteiger charge is -2.13. The van der Waals surface area contributed by atoms with Crippen LogP contribution in [0.2, 0.25) is 0 Å². The summed E-state index contributed by atoms with van der Waals surface area (Å²) >= 11 is 3.45. The Bertz CT molecular complexity index is 849. The third-order valence-electron chi connectivity index (χ3n) is 3.59. The molecule has 0 unspecified atom stereocenters. The minimum Gasteiger partial charge on any atom is -0.489 e. The van der Waals surface area contributed by atoms with Crippen LogP contribution in [0.15, 0.2) is 71.2 Å². The summed E-state index contributed by atoms with van der Waals surface area (Å²) < 4.78 is 33.4. The molecule has 24 heavy (non-hydrogen) atoms. The molecule has 0 saturated heterocycles. The van der Waals surface area contributed by atoms with E-state index < -0.39 is 0 Å². The number of hydrogen-bond acceptors (Lipinski definition) is 1. The smallest absolute Gasteiger partial charge is 0.123 e. The van der Waals surface area contributed by atoms with Gasteiger partial charge in [-0.05, 0) is 59.2 Å². The minimum absolute atomic E-state index is 0.260. The van der Waals surface area contributed by atoms with Crippen LogP contribution in [-0.2, 0) is 13.0 Å². The van der Waals surface area contributed by atoms with Crippen molar-refractivity contribution in [1.29, 1.82) is 0 Å². The molecule has 3 aromatic rings. The third-order valence-corrected chi connectivity index (χ3v) is 4.08. The summed E-state index contributed by atoms with van der Waals surface area (Å²) in [5.74, 6) is 0.156. The highest BCUT2D eigenvalue weighted by atomic mass is 79.9. The average molecular weight is 389 g/mol. The van der Waals surface area contributed by atoms with Crippen molar-refractivity contribution in [2.45, 2.75) is 13.0 Å². The van der Waals surface area contributed by atoms with E-state index in [2.05, 4.69) is 15.9 Å². The molecule has 0 radical (unpaired) electrons. The molecule has 4 heteroatoms. The van der Waals surface area contributed by atoms with E-state index in [1.807, 2.05) is 30.3 Å². The molecule has 0 fully saturated rings. The van der Waals surface area contributed by atoms with Crippen molar-refractivity contribution in [3.63, 3.8) is 0 Å². The van der Waals surface area contributed by atoms with Gasteiger partial charge in [0.1, 0.15) is 24.0 Å². The highest BCUT2D eigenvalue weighted by Gasteiger charge is 2.08. The van der Waals surface area contributed by atoms with Gasteiger partial charge in [-0.3, -0.25) is 0 Å². The maximum absolute atomic E-state index is 13.4. The quantitative estimate of drug-likeness (QED) is 0.528. The molecule has 0 aliphatic carbocycles. The van der Waals surface area contributed by atoms with Gasteiger partial charge >= 0.3 is 0 Å². The van der Waals surface area contributed by atoms with Crippen molar-refractivity contribution in [1.82, 2.24) is 0 Å². The fourth-order valence-corrected chi connectivity index (χ4v) is 2.89. The van der Waals surface area contributed by atoms with E-state index in [-0.39, 0.29) is 18.2 Å². The van der Waals surface area contributed by atoms with E-state index in [0.717, 1.165) is 21.2 Å². The minimum atomic E-state index is -0.285. The second kappa shape index (κ2) is 7.58. The Morgan fingerprint density at radius 2 is 1.46 bits per heavy atom. The monoisotopic (exact) mass is 388 g/mol. The zero-order valence-electron chi connectivity index (χ0n) is 12.8. The summed E-state index contributed by atoms with van der Waals surface area (Å²) in [6, 6.07) is 18.5. The predicted molar refractivity (Wildman–Crippen MR) is 94.1 cm³/mol. The van der Waals surface area contributed by atoms with Crippen LogP contribution in [0.25, 0.3) is 0 Å². The first-order chi connectivity index (χ1) is 11.6. The molecule has 0 aliphatic rings. The molecule has 1 nitrogen and oxygen atoms in total. The SMILES string of the molecule is Fc1cccc(COc2ccc(Br)cc2Cc2cccc(F)c2)c1. The van der Waals surface area contributed by atoms with Crippen molar-refractivity contribution in [3.8, 4) is 5.75 Å². The Hall–Kier alpha value is -2.20. The fraction of sp³-hybridized carbons (Fsp3) is 0.100. The molecule has 0 amide bonds. The Kier molecular flexibility index (Phi) is 5.26. The maximum Gasteiger partial charge on any atom is 0.123 e. The summed E-state index contributed by atoms with van der Waals surface area (Å²) in [7, 11) is 0. The third kappa shape index (κ3) is 4.42. The molecule has 0 bridgehead atoms. The zero-order chi connectivity index (χ0) is 16.9. The summed E-state index contributed by atoms with van der Waals surface area (Å²) in [5.41, 5.74) is 2.56. The van der Waals surface area contributed by atoms with Crippen LogP contribution < -0.4 is 4.74 Å². The van der Waals surface area contributed by atoms with Gasteiger partial charge in [0, 0.05) is 10.9 Å². The molecule has 0 aliphatic heterocycles. The van der Waals surface area contributed by atoms with Gasteiger partial charge in [0.25, 0.3) is 0 Å². The van der Waals surface area contributed by atoms with Crippen LogP contribution in [0.3, 0.4) is 0 Å². The molecule has 0 heterocycles. The number of ether oxygens (including phenoxy) is 1. The van der Waals surface area contributed by atoms with E-state index >= 15 is 0 Å². The predicted octanol–water partition coefficient (Wildman–Crippen LogP) is 5.90. The van der Waals surface area contributed by atoms with Crippen molar-refractivity contribution >= 4 is 15.9 Å². The van der Waals surface area contributed by atoms with Crippen molar-refractivity contribution in [2.24, 2.45) is 0 Å². The van der Waals surface area contributed by atoms with Gasteiger partial charge in [0.2, 0.25) is 0 Å². The highest BCUT2D eigenvalue weighted by molar-refractivity contribution is 9.10. The Labute approximate surface area is 148 Å². The van der Waals surface area contributed by atoms with Gasteiger partial charge in [-0.25, -0.2) is 8.78 Å². The molecule has 0 N–H and O–H groups in total. The zero-order valence-corrected chi connectivity index (χ0v) is 14.4. The number of hydrogen-bond donors (Lipinski definition) is 0. The molecule has 0 saturated carbocycles. The van der Waals surface area contributed by atoms with Gasteiger partial charge in [-0.15, -0.1) is 0 Å². The topological polar surface area (TPSA) is 9.23 Å². The van der Waals surface area contributed by atoms with Crippen LogP contribution >= 0.6 is 15.9 Å². The fourth-order valence-electron chi connectivity index (χ4n) is 2.48. The summed E-state index contributed by atoms with van der Waals surface area (Å²) in [6.07, 6.45) is 0.551. The van der Waals surface area contributed by atoms with E-state index in [1.165, 1.54) is 24.3 Å². The molecule has 122 valence electrons. The molecular formula is C20H15BrF2O. The van der Waals surface area contributed by atoms with E-state index in [4.69, 9.17) is 4.74 Å². The maximum atomic E-state index is 13.4. The lowest BCUT2D eigenvalue weighted by atomic mass is 10.0. The van der Waals surface area contributed by atoms with E-state index in [9.17, 15) is 8.78 Å². The molecule has 0 atom stereocenters. The van der Waals surface area contributed by atoms with Crippen LogP contribution in [0, 0.1) is 11.6 Å². The van der Waals surface area contributed by atoms with Crippen molar-refractivity contribution < 1.29 is 13.5 Å². The van der Waals surface area contributed by atoms with Gasteiger partial charge in [0.15, 0.2) is 0 Å². The number of halogens is 3. The van der Waals surface area contributed by atoms with Crippen LogP contribution in [0.5, 0.6) is 5.75 Å².